The number of carbonyl (C=O) groups is 1. The molecule has 0 spiro atoms. The van der Waals surface area contributed by atoms with Gasteiger partial charge in [0.2, 0.25) is 11.8 Å². The highest BCUT2D eigenvalue weighted by molar-refractivity contribution is 5.76. The predicted molar refractivity (Wildman–Crippen MR) is 58.8 cm³/mol. The molecule has 1 heterocycles. The average Bonchev–Trinajstić information content (AvgIpc) is 2.70. The minimum absolute atomic E-state index is 0.0352. The van der Waals surface area contributed by atoms with Gasteiger partial charge in [0.1, 0.15) is 0 Å². The lowest BCUT2D eigenvalue weighted by Crippen LogP contribution is -2.34. The molecule has 90 valence electrons. The highest BCUT2D eigenvalue weighted by Gasteiger charge is 2.07. The molecule has 0 bridgehead atoms. The first-order valence-corrected chi connectivity index (χ1v) is 5.48. The normalized spacial score (nSPS) is 12.4. The Labute approximate surface area is 94.8 Å². The Morgan fingerprint density at radius 3 is 3.06 bits per heavy atom. The minimum Gasteiger partial charge on any atom is -0.356 e. The van der Waals surface area contributed by atoms with Crippen molar-refractivity contribution in [2.45, 2.75) is 32.7 Å². The number of nitrogens with zero attached hydrogens (tertiary/aromatic N) is 2. The van der Waals surface area contributed by atoms with Gasteiger partial charge >= 0.3 is 0 Å². The summed E-state index contributed by atoms with van der Waals surface area (Å²) < 4.78 is 4.81. The summed E-state index contributed by atoms with van der Waals surface area (Å²) in [4.78, 5) is 15.3. The molecular weight excluding hydrogens is 208 g/mol. The lowest BCUT2D eigenvalue weighted by molar-refractivity contribution is -0.121. The van der Waals surface area contributed by atoms with Crippen molar-refractivity contribution in [2.24, 2.45) is 0 Å². The zero-order chi connectivity index (χ0) is 11.8. The molecule has 0 aromatic carbocycles. The summed E-state index contributed by atoms with van der Waals surface area (Å²) in [6, 6.07) is 0.202. The summed E-state index contributed by atoms with van der Waals surface area (Å²) in [6.07, 6.45) is 2.41. The highest BCUT2D eigenvalue weighted by atomic mass is 16.5. The van der Waals surface area contributed by atoms with Crippen molar-refractivity contribution < 1.29 is 9.32 Å². The lowest BCUT2D eigenvalue weighted by Gasteiger charge is -2.11. The molecule has 6 nitrogen and oxygen atoms in total. The van der Waals surface area contributed by atoms with E-state index < -0.39 is 0 Å². The van der Waals surface area contributed by atoms with Crippen LogP contribution in [0, 0.1) is 0 Å². The van der Waals surface area contributed by atoms with E-state index in [0.717, 1.165) is 6.54 Å². The fraction of sp³-hybridized carbons (Fsp3) is 0.700. The van der Waals surface area contributed by atoms with Gasteiger partial charge in [0, 0.05) is 25.4 Å². The molecule has 2 N–H and O–H groups in total. The molecule has 0 aliphatic rings. The van der Waals surface area contributed by atoms with E-state index in [2.05, 4.69) is 20.8 Å². The van der Waals surface area contributed by atoms with Gasteiger partial charge in [-0.1, -0.05) is 12.1 Å². The Hall–Kier alpha value is -1.43. The van der Waals surface area contributed by atoms with E-state index in [1.165, 1.54) is 6.33 Å². The molecule has 0 aliphatic heterocycles. The van der Waals surface area contributed by atoms with Gasteiger partial charge in [-0.05, 0) is 13.5 Å². The van der Waals surface area contributed by atoms with Crippen molar-refractivity contribution in [3.8, 4) is 0 Å². The Balaban J connectivity index is 2.10. The van der Waals surface area contributed by atoms with Crippen molar-refractivity contribution >= 4 is 5.91 Å². The SMILES string of the molecule is CCNC(C)CC(=O)NCCc1ncno1. The molecule has 1 rings (SSSR count). The van der Waals surface area contributed by atoms with Gasteiger partial charge in [-0.15, -0.1) is 0 Å². The van der Waals surface area contributed by atoms with Crippen molar-refractivity contribution in [2.75, 3.05) is 13.1 Å². The minimum atomic E-state index is 0.0352. The van der Waals surface area contributed by atoms with Crippen LogP contribution in [0.25, 0.3) is 0 Å². The average molecular weight is 226 g/mol. The molecule has 1 amide bonds. The van der Waals surface area contributed by atoms with Crippen molar-refractivity contribution in [1.29, 1.82) is 0 Å². The maximum absolute atomic E-state index is 11.4. The van der Waals surface area contributed by atoms with E-state index in [0.29, 0.717) is 25.3 Å². The Kier molecular flexibility index (Phi) is 5.49. The van der Waals surface area contributed by atoms with Gasteiger partial charge < -0.3 is 15.2 Å². The zero-order valence-electron chi connectivity index (χ0n) is 9.69. The molecule has 1 unspecified atom stereocenters. The van der Waals surface area contributed by atoms with E-state index in [-0.39, 0.29) is 11.9 Å². The molecule has 0 saturated carbocycles. The molecule has 0 saturated heterocycles. The van der Waals surface area contributed by atoms with Gasteiger partial charge in [0.25, 0.3) is 0 Å². The number of carbonyl (C=O) groups excluding carboxylic acids is 1. The molecule has 16 heavy (non-hydrogen) atoms. The maximum atomic E-state index is 11.4. The molecule has 1 aromatic rings. The summed E-state index contributed by atoms with van der Waals surface area (Å²) in [7, 11) is 0. The first-order chi connectivity index (χ1) is 7.72. The molecule has 0 aliphatic carbocycles. The number of aromatic nitrogens is 2. The fourth-order valence-electron chi connectivity index (χ4n) is 1.39. The molecule has 0 fully saturated rings. The zero-order valence-corrected chi connectivity index (χ0v) is 9.69. The smallest absolute Gasteiger partial charge is 0.228 e. The van der Waals surface area contributed by atoms with Crippen LogP contribution in [0.4, 0.5) is 0 Å². The standard InChI is InChI=1S/C10H18N4O2/c1-3-11-8(2)6-9(15)12-5-4-10-13-7-14-16-10/h7-8,11H,3-6H2,1-2H3,(H,12,15). The first-order valence-electron chi connectivity index (χ1n) is 5.48. The van der Waals surface area contributed by atoms with E-state index in [4.69, 9.17) is 4.52 Å². The molecule has 6 heteroatoms. The van der Waals surface area contributed by atoms with Crippen LogP contribution < -0.4 is 10.6 Å². The maximum Gasteiger partial charge on any atom is 0.228 e. The third-order valence-electron chi connectivity index (χ3n) is 2.11. The highest BCUT2D eigenvalue weighted by Crippen LogP contribution is 1.92. The van der Waals surface area contributed by atoms with Gasteiger partial charge in [-0.3, -0.25) is 4.79 Å². The second kappa shape index (κ2) is 6.95. The third kappa shape index (κ3) is 4.88. The van der Waals surface area contributed by atoms with Crippen LogP contribution >= 0.6 is 0 Å². The number of hydrogen-bond donors (Lipinski definition) is 2. The van der Waals surface area contributed by atoms with Gasteiger partial charge in [-0.25, -0.2) is 0 Å². The second-order valence-electron chi connectivity index (χ2n) is 3.60. The van der Waals surface area contributed by atoms with Crippen LogP contribution in [-0.2, 0) is 11.2 Å². The Morgan fingerprint density at radius 1 is 1.62 bits per heavy atom. The first kappa shape index (κ1) is 12.6. The summed E-state index contributed by atoms with van der Waals surface area (Å²) in [6.45, 7) is 5.40. The Bertz CT molecular complexity index is 300. The third-order valence-corrected chi connectivity index (χ3v) is 2.11. The second-order valence-corrected chi connectivity index (χ2v) is 3.60. The Morgan fingerprint density at radius 2 is 2.44 bits per heavy atom. The summed E-state index contributed by atoms with van der Waals surface area (Å²) >= 11 is 0. The topological polar surface area (TPSA) is 80.0 Å². The number of rotatable bonds is 7. The van der Waals surface area contributed by atoms with Crippen LogP contribution in [0.15, 0.2) is 10.9 Å². The fourth-order valence-corrected chi connectivity index (χ4v) is 1.39. The van der Waals surface area contributed by atoms with Gasteiger partial charge in [-0.2, -0.15) is 4.98 Å². The van der Waals surface area contributed by atoms with Crippen LogP contribution in [0.1, 0.15) is 26.2 Å². The van der Waals surface area contributed by atoms with E-state index in [1.807, 2.05) is 13.8 Å². The van der Waals surface area contributed by atoms with E-state index in [1.54, 1.807) is 0 Å². The van der Waals surface area contributed by atoms with Gasteiger partial charge in [0.15, 0.2) is 6.33 Å². The number of nitrogens with one attached hydrogen (secondary N) is 2. The summed E-state index contributed by atoms with van der Waals surface area (Å²) in [5, 5.41) is 9.47. The quantitative estimate of drug-likeness (QED) is 0.690. The number of amides is 1. The molecule has 1 atom stereocenters. The predicted octanol–water partition coefficient (Wildman–Crippen LogP) is 0.116. The van der Waals surface area contributed by atoms with E-state index >= 15 is 0 Å². The van der Waals surface area contributed by atoms with Crippen molar-refractivity contribution in [3.05, 3.63) is 12.2 Å². The molecular formula is C10H18N4O2. The summed E-state index contributed by atoms with van der Waals surface area (Å²) in [5.41, 5.74) is 0. The molecule has 1 aromatic heterocycles. The van der Waals surface area contributed by atoms with Crippen LogP contribution in [0.2, 0.25) is 0 Å². The van der Waals surface area contributed by atoms with E-state index in [9.17, 15) is 4.79 Å². The van der Waals surface area contributed by atoms with Crippen molar-refractivity contribution in [1.82, 2.24) is 20.8 Å². The number of hydrogen-bond acceptors (Lipinski definition) is 5. The van der Waals surface area contributed by atoms with Crippen LogP contribution in [0.3, 0.4) is 0 Å². The molecule has 0 radical (unpaired) electrons. The summed E-state index contributed by atoms with van der Waals surface area (Å²) in [5.74, 6) is 0.577. The lowest BCUT2D eigenvalue weighted by atomic mass is 10.2. The van der Waals surface area contributed by atoms with Gasteiger partial charge in [0.05, 0.1) is 0 Å². The monoisotopic (exact) mass is 226 g/mol. The largest absolute Gasteiger partial charge is 0.356 e. The van der Waals surface area contributed by atoms with Crippen molar-refractivity contribution in [3.63, 3.8) is 0 Å². The van der Waals surface area contributed by atoms with Crippen LogP contribution in [-0.4, -0.2) is 35.2 Å². The van der Waals surface area contributed by atoms with Crippen LogP contribution in [0.5, 0.6) is 0 Å².